The summed E-state index contributed by atoms with van der Waals surface area (Å²) in [7, 11) is 1.80. The van der Waals surface area contributed by atoms with Crippen LogP contribution < -0.4 is 20.7 Å². The van der Waals surface area contributed by atoms with Crippen LogP contribution in [0.4, 0.5) is 0 Å². The molecule has 1 aliphatic rings. The average molecular weight is 517 g/mol. The largest absolute Gasteiger partial charge is 0.484 e. The fraction of sp³-hybridized carbons (Fsp3) is 0.619. The van der Waals surface area contributed by atoms with Gasteiger partial charge in [0.2, 0.25) is 0 Å². The summed E-state index contributed by atoms with van der Waals surface area (Å²) >= 11 is 0. The summed E-state index contributed by atoms with van der Waals surface area (Å²) in [6.45, 7) is 8.89. The van der Waals surface area contributed by atoms with Gasteiger partial charge >= 0.3 is 0 Å². The molecule has 7 nitrogen and oxygen atoms in total. The zero-order valence-corrected chi connectivity index (χ0v) is 20.2. The summed E-state index contributed by atoms with van der Waals surface area (Å²) in [6.07, 6.45) is 3.50. The normalized spacial score (nSPS) is 15.3. The van der Waals surface area contributed by atoms with Crippen LogP contribution in [0.5, 0.6) is 5.75 Å². The minimum Gasteiger partial charge on any atom is -0.484 e. The van der Waals surface area contributed by atoms with Crippen LogP contribution in [0.2, 0.25) is 0 Å². The Balaban J connectivity index is 0.00000420. The summed E-state index contributed by atoms with van der Waals surface area (Å²) < 4.78 is 5.56. The molecule has 29 heavy (non-hydrogen) atoms. The summed E-state index contributed by atoms with van der Waals surface area (Å²) in [5.74, 6) is 1.40. The number of carbonyl (C=O) groups excluding carboxylic acids is 1. The molecule has 0 aromatic heterocycles. The van der Waals surface area contributed by atoms with Gasteiger partial charge in [-0.3, -0.25) is 9.79 Å². The Morgan fingerprint density at radius 2 is 2.00 bits per heavy atom. The number of likely N-dealkylation sites (N-methyl/N-ethyl adjacent to an activating group) is 1. The van der Waals surface area contributed by atoms with Crippen molar-refractivity contribution in [2.75, 3.05) is 39.8 Å². The van der Waals surface area contributed by atoms with Gasteiger partial charge in [0, 0.05) is 39.3 Å². The topological polar surface area (TPSA) is 78.0 Å². The number of hydrogen-bond acceptors (Lipinski definition) is 4. The summed E-state index contributed by atoms with van der Waals surface area (Å²) in [4.78, 5) is 18.4. The van der Waals surface area contributed by atoms with Gasteiger partial charge in [-0.05, 0) is 50.4 Å². The fourth-order valence-corrected chi connectivity index (χ4v) is 3.33. The number of hydrogen-bond donors (Lipinski definition) is 3. The van der Waals surface area contributed by atoms with Crippen molar-refractivity contribution in [2.24, 2.45) is 4.99 Å². The third-order valence-corrected chi connectivity index (χ3v) is 4.79. The molecule has 0 bridgehead atoms. The third kappa shape index (κ3) is 9.66. The van der Waals surface area contributed by atoms with Crippen LogP contribution in [0.3, 0.4) is 0 Å². The lowest BCUT2D eigenvalue weighted by Crippen LogP contribution is -2.48. The molecule has 1 heterocycles. The smallest absolute Gasteiger partial charge is 0.257 e. The van der Waals surface area contributed by atoms with Gasteiger partial charge in [-0.15, -0.1) is 24.0 Å². The Morgan fingerprint density at radius 1 is 1.24 bits per heavy atom. The number of guanidine groups is 1. The monoisotopic (exact) mass is 517 g/mol. The molecular weight excluding hydrogens is 481 g/mol. The van der Waals surface area contributed by atoms with E-state index in [2.05, 4.69) is 32.8 Å². The van der Waals surface area contributed by atoms with E-state index >= 15 is 0 Å². The molecule has 3 N–H and O–H groups in total. The van der Waals surface area contributed by atoms with Gasteiger partial charge in [0.15, 0.2) is 12.6 Å². The standard InChI is InChI=1S/C21H35N5O2.HI/c1-4-11-26-12-9-18(10-13-26)25-21(22-3)24-15-17-7-6-8-19(14-17)28-16-20(27)23-5-2;/h6-8,14,18H,4-5,9-13,15-16H2,1-3H3,(H,23,27)(H2,22,24,25);1H. The lowest BCUT2D eigenvalue weighted by molar-refractivity contribution is -0.122. The van der Waals surface area contributed by atoms with Gasteiger partial charge in [0.25, 0.3) is 5.91 Å². The Kier molecular flexibility index (Phi) is 12.7. The Morgan fingerprint density at radius 3 is 2.66 bits per heavy atom. The second-order valence-corrected chi connectivity index (χ2v) is 7.08. The van der Waals surface area contributed by atoms with Gasteiger partial charge in [-0.1, -0.05) is 19.1 Å². The number of piperidine rings is 1. The van der Waals surface area contributed by atoms with Crippen LogP contribution in [0.25, 0.3) is 0 Å². The zero-order valence-electron chi connectivity index (χ0n) is 17.9. The minimum absolute atomic E-state index is 0. The minimum atomic E-state index is -0.111. The van der Waals surface area contributed by atoms with E-state index in [1.807, 2.05) is 31.2 Å². The maximum absolute atomic E-state index is 11.5. The Hall–Kier alpha value is -1.55. The van der Waals surface area contributed by atoms with Crippen LogP contribution in [0.1, 0.15) is 38.7 Å². The van der Waals surface area contributed by atoms with Gasteiger partial charge in [-0.2, -0.15) is 0 Å². The summed E-state index contributed by atoms with van der Waals surface area (Å²) in [6, 6.07) is 8.24. The molecule has 2 rings (SSSR count). The van der Waals surface area contributed by atoms with Crippen molar-refractivity contribution in [3.05, 3.63) is 29.8 Å². The van der Waals surface area contributed by atoms with Crippen molar-refractivity contribution >= 4 is 35.8 Å². The molecule has 1 amide bonds. The number of amides is 1. The van der Waals surface area contributed by atoms with Crippen molar-refractivity contribution in [1.82, 2.24) is 20.9 Å². The average Bonchev–Trinajstić information content (AvgIpc) is 2.71. The number of aliphatic imine (C=N–C) groups is 1. The van der Waals surface area contributed by atoms with E-state index in [0.29, 0.717) is 24.9 Å². The first kappa shape index (κ1) is 25.5. The fourth-order valence-electron chi connectivity index (χ4n) is 3.33. The molecule has 8 heteroatoms. The number of benzene rings is 1. The number of rotatable bonds is 9. The molecule has 1 aromatic carbocycles. The number of halogens is 1. The van der Waals surface area contributed by atoms with E-state index in [-0.39, 0.29) is 36.5 Å². The molecule has 0 radical (unpaired) electrons. The van der Waals surface area contributed by atoms with E-state index in [0.717, 1.165) is 37.5 Å². The lowest BCUT2D eigenvalue weighted by Gasteiger charge is -2.32. The van der Waals surface area contributed by atoms with Gasteiger partial charge in [-0.25, -0.2) is 0 Å². The van der Waals surface area contributed by atoms with E-state index in [9.17, 15) is 4.79 Å². The first-order valence-corrected chi connectivity index (χ1v) is 10.3. The van der Waals surface area contributed by atoms with Crippen LogP contribution in [-0.2, 0) is 11.3 Å². The third-order valence-electron chi connectivity index (χ3n) is 4.79. The van der Waals surface area contributed by atoms with E-state index in [1.54, 1.807) is 7.05 Å². The number of nitrogens with one attached hydrogen (secondary N) is 3. The number of ether oxygens (including phenoxy) is 1. The van der Waals surface area contributed by atoms with E-state index in [1.165, 1.54) is 13.0 Å². The molecule has 1 aliphatic heterocycles. The highest BCUT2D eigenvalue weighted by atomic mass is 127. The summed E-state index contributed by atoms with van der Waals surface area (Å²) in [5.41, 5.74) is 1.08. The second-order valence-electron chi connectivity index (χ2n) is 7.08. The number of nitrogens with zero attached hydrogens (tertiary/aromatic N) is 2. The highest BCUT2D eigenvalue weighted by Gasteiger charge is 2.19. The molecule has 0 spiro atoms. The SMILES string of the molecule is CCCN1CCC(NC(=NC)NCc2cccc(OCC(=O)NCC)c2)CC1.I. The number of likely N-dealkylation sites (tertiary alicyclic amines) is 1. The van der Waals surface area contributed by atoms with Crippen LogP contribution in [0.15, 0.2) is 29.3 Å². The first-order valence-electron chi connectivity index (χ1n) is 10.3. The predicted molar refractivity (Wildman–Crippen MR) is 129 cm³/mol. The molecule has 1 saturated heterocycles. The zero-order chi connectivity index (χ0) is 20.2. The Bertz CT molecular complexity index is 633. The van der Waals surface area contributed by atoms with Crippen LogP contribution >= 0.6 is 24.0 Å². The quantitative estimate of drug-likeness (QED) is 0.267. The van der Waals surface area contributed by atoms with Gasteiger partial charge < -0.3 is 25.6 Å². The Labute approximate surface area is 192 Å². The van der Waals surface area contributed by atoms with Crippen LogP contribution in [0, 0.1) is 0 Å². The maximum Gasteiger partial charge on any atom is 0.257 e. The second kappa shape index (κ2) is 14.4. The van der Waals surface area contributed by atoms with Crippen molar-refractivity contribution in [3.8, 4) is 5.75 Å². The molecule has 1 aromatic rings. The maximum atomic E-state index is 11.5. The van der Waals surface area contributed by atoms with Crippen molar-refractivity contribution in [2.45, 2.75) is 45.7 Å². The molecule has 0 atom stereocenters. The molecule has 0 aliphatic carbocycles. The van der Waals surface area contributed by atoms with Gasteiger partial charge in [0.1, 0.15) is 5.75 Å². The lowest BCUT2D eigenvalue weighted by atomic mass is 10.1. The highest BCUT2D eigenvalue weighted by molar-refractivity contribution is 14.0. The number of carbonyl (C=O) groups is 1. The molecule has 0 unspecified atom stereocenters. The van der Waals surface area contributed by atoms with Crippen molar-refractivity contribution < 1.29 is 9.53 Å². The van der Waals surface area contributed by atoms with Gasteiger partial charge in [0.05, 0.1) is 0 Å². The molecular formula is C21H36IN5O2. The van der Waals surface area contributed by atoms with Crippen molar-refractivity contribution in [1.29, 1.82) is 0 Å². The van der Waals surface area contributed by atoms with Crippen molar-refractivity contribution in [3.63, 3.8) is 0 Å². The summed E-state index contributed by atoms with van der Waals surface area (Å²) in [5, 5.41) is 9.63. The predicted octanol–water partition coefficient (Wildman–Crippen LogP) is 2.36. The first-order chi connectivity index (χ1) is 13.6. The molecule has 0 saturated carbocycles. The van der Waals surface area contributed by atoms with Crippen LogP contribution in [-0.4, -0.2) is 62.6 Å². The van der Waals surface area contributed by atoms with E-state index in [4.69, 9.17) is 4.74 Å². The molecule has 1 fully saturated rings. The van der Waals surface area contributed by atoms with E-state index < -0.39 is 0 Å². The molecule has 164 valence electrons. The highest BCUT2D eigenvalue weighted by Crippen LogP contribution is 2.13.